The zero-order valence-corrected chi connectivity index (χ0v) is 29.7. The number of carbonyl (C=O) groups excluding carboxylic acids is 1. The van der Waals surface area contributed by atoms with Crippen LogP contribution >= 0.6 is 23.5 Å². The molecule has 8 N–H and O–H groups in total. The summed E-state index contributed by atoms with van der Waals surface area (Å²) in [7, 11) is -17.0. The van der Waals surface area contributed by atoms with Gasteiger partial charge in [-0.2, -0.15) is 26.8 Å². The maximum Gasteiger partial charge on any atom is 0.490 e. The zero-order valence-electron chi connectivity index (χ0n) is 27.1. The predicted molar refractivity (Wildman–Crippen MR) is 169 cm³/mol. The van der Waals surface area contributed by atoms with E-state index in [0.29, 0.717) is 0 Å². The van der Waals surface area contributed by atoms with Gasteiger partial charge in [-0.3, -0.25) is 24.0 Å². The molecule has 1 amide bonds. The Balaban J connectivity index is 1.75. The van der Waals surface area contributed by atoms with E-state index >= 15 is 0 Å². The topological polar surface area (TPSA) is 332 Å². The maximum atomic E-state index is 12.7. The van der Waals surface area contributed by atoms with Crippen molar-refractivity contribution in [3.63, 3.8) is 0 Å². The number of nitrogen functional groups attached to an aromatic ring is 1. The van der Waals surface area contributed by atoms with Crippen LogP contribution in [0, 0.1) is 27.9 Å². The molecule has 6 atom stereocenters. The minimum Gasteiger partial charge on any atom is -0.390 e. The minimum atomic E-state index is -5.81. The van der Waals surface area contributed by atoms with Gasteiger partial charge in [0.05, 0.1) is 42.5 Å². The van der Waals surface area contributed by atoms with Crippen LogP contribution in [0.5, 0.6) is 0 Å². The van der Waals surface area contributed by atoms with Crippen molar-refractivity contribution in [1.29, 1.82) is 0 Å². The summed E-state index contributed by atoms with van der Waals surface area (Å²) in [5.41, 5.74) is 4.67. The molecule has 0 radical (unpaired) electrons. The number of amides is 1. The number of nitro groups is 1. The molecule has 3 rings (SSSR count). The van der Waals surface area contributed by atoms with Gasteiger partial charge in [-0.15, -0.1) is 0 Å². The van der Waals surface area contributed by atoms with Crippen LogP contribution in [0.15, 0.2) is 29.2 Å². The van der Waals surface area contributed by atoms with Crippen molar-refractivity contribution in [1.82, 2.24) is 14.9 Å². The van der Waals surface area contributed by atoms with E-state index in [1.807, 2.05) is 0 Å². The Morgan fingerprint density at radius 3 is 2.45 bits per heavy atom. The second kappa shape index (κ2) is 17.3. The number of hydrogen-bond acceptors (Lipinski definition) is 15. The van der Waals surface area contributed by atoms with Gasteiger partial charge in [0.1, 0.15) is 18.1 Å². The number of phosphoric ester groups is 1. The molecule has 0 spiro atoms. The Kier molecular flexibility index (Phi) is 14.3. The summed E-state index contributed by atoms with van der Waals surface area (Å²) in [6.45, 7) is 1.25. The van der Waals surface area contributed by atoms with Crippen LogP contribution in [0.4, 0.5) is 24.7 Å². The number of aliphatic hydroxyl groups excluding tert-OH is 1. The molecule has 1 aliphatic heterocycles. The Morgan fingerprint density at radius 1 is 1.21 bits per heavy atom. The van der Waals surface area contributed by atoms with Crippen LogP contribution in [-0.2, 0) is 47.7 Å². The Hall–Kier alpha value is -3.59. The van der Waals surface area contributed by atoms with Crippen LogP contribution in [0.3, 0.4) is 0 Å². The van der Waals surface area contributed by atoms with Crippen LogP contribution in [-0.4, -0.2) is 76.6 Å². The van der Waals surface area contributed by atoms with E-state index in [9.17, 15) is 61.5 Å². The summed E-state index contributed by atoms with van der Waals surface area (Å²) in [6, 6.07) is 3.73. The molecule has 2 aromatic rings. The number of alkyl halides is 3. The number of nitrogens with zero attached hydrogens (tertiary/aromatic N) is 3. The number of anilines is 1. The van der Waals surface area contributed by atoms with Crippen LogP contribution in [0.25, 0.3) is 0 Å². The number of hydrogen-bond donors (Lipinski definition) is 7. The third kappa shape index (κ3) is 13.0. The lowest BCUT2D eigenvalue weighted by atomic mass is 9.96. The Bertz CT molecular complexity index is 1960. The van der Waals surface area contributed by atoms with Gasteiger partial charge in [-0.05, 0) is 18.1 Å². The fourth-order valence-electron chi connectivity index (χ4n) is 4.56. The number of rotatable bonds is 15. The number of aromatic nitrogens is 2. The van der Waals surface area contributed by atoms with Crippen molar-refractivity contribution in [2.24, 2.45) is 5.92 Å². The van der Waals surface area contributed by atoms with Crippen molar-refractivity contribution in [3.05, 3.63) is 61.7 Å². The van der Waals surface area contributed by atoms with Crippen molar-refractivity contribution in [2.75, 3.05) is 18.9 Å². The normalized spacial score (nSPS) is 20.5. The first-order valence-electron chi connectivity index (χ1n) is 14.5. The zero-order chi connectivity index (χ0) is 40.1. The van der Waals surface area contributed by atoms with E-state index in [4.69, 9.17) is 25.0 Å². The molecular formula is C25H31F3N5O17P3. The van der Waals surface area contributed by atoms with Gasteiger partial charge < -0.3 is 45.2 Å². The maximum absolute atomic E-state index is 12.7. The number of aliphatic hydroxyl groups is 1. The lowest BCUT2D eigenvalue weighted by Gasteiger charge is -2.23. The van der Waals surface area contributed by atoms with Crippen LogP contribution < -0.4 is 16.7 Å². The summed E-state index contributed by atoms with van der Waals surface area (Å²) in [5, 5.41) is 23.9. The summed E-state index contributed by atoms with van der Waals surface area (Å²) < 4.78 is 95.5. The number of ether oxygens (including phenoxy) is 2. The summed E-state index contributed by atoms with van der Waals surface area (Å²) in [4.78, 5) is 74.8. The predicted octanol–water partition coefficient (Wildman–Crippen LogP) is 1.67. The van der Waals surface area contributed by atoms with E-state index < -0.39 is 102 Å². The van der Waals surface area contributed by atoms with Gasteiger partial charge in [0.25, 0.3) is 5.69 Å². The smallest absolute Gasteiger partial charge is 0.390 e. The number of nitrogens with two attached hydrogens (primary N) is 1. The van der Waals surface area contributed by atoms with Crippen molar-refractivity contribution >= 4 is 40.9 Å². The first kappa shape index (κ1) is 43.8. The van der Waals surface area contributed by atoms with E-state index in [0.717, 1.165) is 16.8 Å². The van der Waals surface area contributed by atoms with E-state index in [1.165, 1.54) is 12.1 Å². The van der Waals surface area contributed by atoms with Crippen molar-refractivity contribution in [3.8, 4) is 11.8 Å². The number of phosphoric acid groups is 3. The SMILES string of the molecule is CC(C)[C@@H](OCc1cn([C@H]2C[C@H](O)[C@@H](COP(=O)(O)OP(=O)(O)OP(=O)(O)O)O2)c(=O)nc1N)c1ccc(C#CCNC(=O)C(F)(F)F)cc1[N+](=O)[O-]. The highest BCUT2D eigenvalue weighted by Gasteiger charge is 2.43. The third-order valence-electron chi connectivity index (χ3n) is 6.78. The highest BCUT2D eigenvalue weighted by molar-refractivity contribution is 7.66. The largest absolute Gasteiger partial charge is 0.490 e. The standard InChI is InChI=1S/C25H31F3N5O17P3/c1-13(2)21(16-6-5-14(8-17(16)33(37)38)4-3-7-30-23(35)25(26,27)28)46-11-15-10-32(24(36)31-22(15)29)20-9-18(34)19(48-20)12-47-52(42,43)50-53(44,45)49-51(39,40)41/h5-6,8,10,13,18-21,34H,7,9,11-12H2,1-2H3,(H,30,35)(H,42,43)(H,44,45)(H2,29,31,36)(H2,39,40,41)/t18-,19+,20+,21+/m0/s1. The molecule has 1 aromatic carbocycles. The van der Waals surface area contributed by atoms with Gasteiger partial charge >= 0.3 is 41.2 Å². The van der Waals surface area contributed by atoms with Crippen LogP contribution in [0.1, 0.15) is 49.3 Å². The molecule has 0 saturated carbocycles. The quantitative estimate of drug-likeness (QED) is 0.0581. The molecule has 1 aromatic heterocycles. The molecule has 0 aliphatic carbocycles. The Morgan fingerprint density at radius 2 is 1.87 bits per heavy atom. The van der Waals surface area contributed by atoms with Gasteiger partial charge in [0, 0.05) is 29.8 Å². The number of nitrogens with one attached hydrogen (secondary N) is 1. The molecule has 22 nitrogen and oxygen atoms in total. The highest BCUT2D eigenvalue weighted by Crippen LogP contribution is 2.66. The number of nitro benzene ring substituents is 1. The fraction of sp³-hybridized carbons (Fsp3) is 0.480. The molecule has 53 heavy (non-hydrogen) atoms. The summed E-state index contributed by atoms with van der Waals surface area (Å²) >= 11 is 0. The van der Waals surface area contributed by atoms with Gasteiger partial charge in [-0.1, -0.05) is 25.7 Å². The average molecular weight is 823 g/mol. The lowest BCUT2D eigenvalue weighted by Crippen LogP contribution is -2.36. The van der Waals surface area contributed by atoms with Crippen molar-refractivity contribution < 1.29 is 83.9 Å². The average Bonchev–Trinajstić information content (AvgIpc) is 3.36. The Labute approximate surface area is 295 Å². The number of carbonyl (C=O) groups is 1. The molecule has 2 heterocycles. The van der Waals surface area contributed by atoms with E-state index in [2.05, 4.69) is 30.0 Å². The van der Waals surface area contributed by atoms with Crippen molar-refractivity contribution in [2.45, 2.75) is 57.6 Å². The fourth-order valence-corrected chi connectivity index (χ4v) is 7.59. The van der Waals surface area contributed by atoms with Gasteiger partial charge in [0.15, 0.2) is 0 Å². The first-order valence-corrected chi connectivity index (χ1v) is 19.0. The number of benzene rings is 1. The molecule has 1 aliphatic rings. The monoisotopic (exact) mass is 823 g/mol. The molecule has 1 fully saturated rings. The van der Waals surface area contributed by atoms with Crippen LogP contribution in [0.2, 0.25) is 0 Å². The molecule has 294 valence electrons. The highest BCUT2D eigenvalue weighted by atomic mass is 31.3. The molecule has 28 heteroatoms. The van der Waals surface area contributed by atoms with E-state index in [1.54, 1.807) is 19.2 Å². The number of halogens is 3. The molecular weight excluding hydrogens is 792 g/mol. The van der Waals surface area contributed by atoms with Gasteiger partial charge in [-0.25, -0.2) is 18.5 Å². The molecule has 2 unspecified atom stereocenters. The lowest BCUT2D eigenvalue weighted by molar-refractivity contribution is -0.386. The second-order valence-electron chi connectivity index (χ2n) is 11.1. The van der Waals surface area contributed by atoms with E-state index in [-0.39, 0.29) is 28.9 Å². The minimum absolute atomic E-state index is 0.0452. The summed E-state index contributed by atoms with van der Waals surface area (Å²) in [5.74, 6) is 1.75. The first-order chi connectivity index (χ1) is 24.3. The third-order valence-corrected chi connectivity index (χ3v) is 10.6. The second-order valence-corrected chi connectivity index (χ2v) is 15.6. The molecule has 0 bridgehead atoms. The molecule has 1 saturated heterocycles. The summed E-state index contributed by atoms with van der Waals surface area (Å²) in [6.07, 6.45) is -9.58. The van der Waals surface area contributed by atoms with Gasteiger partial charge in [0.2, 0.25) is 0 Å².